The van der Waals surface area contributed by atoms with E-state index in [0.717, 1.165) is 23.0 Å². The number of hydrogen-bond acceptors (Lipinski definition) is 7. The van der Waals surface area contributed by atoms with Crippen LogP contribution < -0.4 is 10.5 Å². The monoisotopic (exact) mass is 513 g/mol. The minimum absolute atomic E-state index is 0.00536. The molecule has 0 spiro atoms. The first-order valence-corrected chi connectivity index (χ1v) is 13.3. The second-order valence-corrected chi connectivity index (χ2v) is 10.6. The first-order valence-electron chi connectivity index (χ1n) is 12.1. The van der Waals surface area contributed by atoms with Crippen molar-refractivity contribution in [2.45, 2.75) is 46.1 Å². The van der Waals surface area contributed by atoms with E-state index in [9.17, 15) is 14.4 Å². The molecule has 186 valence electrons. The number of nitrogens with zero attached hydrogens (tertiary/aromatic N) is 3. The lowest BCUT2D eigenvalue weighted by Gasteiger charge is -2.34. The van der Waals surface area contributed by atoms with E-state index in [-0.39, 0.29) is 29.4 Å². The Kier molecular flexibility index (Phi) is 7.66. The van der Waals surface area contributed by atoms with Crippen molar-refractivity contribution >= 4 is 62.8 Å². The largest absolute Gasteiger partial charge is 0.466 e. The molecule has 0 radical (unpaired) electrons. The smallest absolute Gasteiger partial charge is 0.309 e. The van der Waals surface area contributed by atoms with Crippen molar-refractivity contribution in [3.05, 3.63) is 45.1 Å². The number of benzene rings is 1. The molecule has 1 amide bonds. The number of aryl methyl sites for hydroxylation is 1. The topological polar surface area (TPSA) is 71.8 Å². The summed E-state index contributed by atoms with van der Waals surface area (Å²) in [6, 6.07) is 7.79. The number of amides is 1. The summed E-state index contributed by atoms with van der Waals surface area (Å²) in [6.07, 6.45) is 3.80. The second kappa shape index (κ2) is 10.5. The first kappa shape index (κ1) is 25.4. The number of thiocarbonyl (C=S) groups is 1. The van der Waals surface area contributed by atoms with Crippen molar-refractivity contribution in [3.63, 3.8) is 0 Å². The second-order valence-electron chi connectivity index (χ2n) is 8.97. The first-order chi connectivity index (χ1) is 16.8. The van der Waals surface area contributed by atoms with Crippen LogP contribution in [0.5, 0.6) is 0 Å². The summed E-state index contributed by atoms with van der Waals surface area (Å²) in [5.74, 6) is -0.453. The van der Waals surface area contributed by atoms with E-state index in [1.807, 2.05) is 45.0 Å². The third-order valence-electron chi connectivity index (χ3n) is 6.87. The average molecular weight is 514 g/mol. The Morgan fingerprint density at radius 1 is 1.23 bits per heavy atom. The zero-order valence-corrected chi connectivity index (χ0v) is 22.2. The maximum Gasteiger partial charge on any atom is 0.309 e. The van der Waals surface area contributed by atoms with Gasteiger partial charge in [-0.1, -0.05) is 49.1 Å². The molecule has 2 aliphatic rings. The number of rotatable bonds is 6. The van der Waals surface area contributed by atoms with Crippen molar-refractivity contribution in [1.82, 2.24) is 9.47 Å². The number of fused-ring (bicyclic) bond motifs is 1. The molecule has 2 saturated heterocycles. The molecule has 9 heteroatoms. The van der Waals surface area contributed by atoms with Gasteiger partial charge in [0.25, 0.3) is 11.5 Å². The van der Waals surface area contributed by atoms with E-state index in [0.29, 0.717) is 47.3 Å². The van der Waals surface area contributed by atoms with Crippen LogP contribution in [-0.4, -0.2) is 51.4 Å². The zero-order chi connectivity index (χ0) is 25.3. The minimum Gasteiger partial charge on any atom is -0.466 e. The lowest BCUT2D eigenvalue weighted by atomic mass is 9.95. The molecule has 1 aromatic carbocycles. The molecule has 35 heavy (non-hydrogen) atoms. The molecular weight excluding hydrogens is 482 g/mol. The maximum atomic E-state index is 13.6. The fourth-order valence-corrected chi connectivity index (χ4v) is 6.19. The maximum absolute atomic E-state index is 13.6. The molecule has 0 bridgehead atoms. The predicted molar refractivity (Wildman–Crippen MR) is 146 cm³/mol. The SMILES string of the molecule is CCOC(=O)C1CCN(c2c(C=C3SC(=S)N(C(C)CC)C3=O)c(=O)n(C)c3ccccc23)CC1. The van der Waals surface area contributed by atoms with Crippen molar-refractivity contribution in [3.8, 4) is 0 Å². The number of anilines is 1. The van der Waals surface area contributed by atoms with Gasteiger partial charge in [0.05, 0.1) is 34.2 Å². The summed E-state index contributed by atoms with van der Waals surface area (Å²) >= 11 is 6.74. The highest BCUT2D eigenvalue weighted by Gasteiger charge is 2.36. The number of carbonyl (C=O) groups excluding carboxylic acids is 2. The van der Waals surface area contributed by atoms with Crippen molar-refractivity contribution in [1.29, 1.82) is 0 Å². The highest BCUT2D eigenvalue weighted by Crippen LogP contribution is 2.38. The van der Waals surface area contributed by atoms with E-state index >= 15 is 0 Å². The molecule has 1 atom stereocenters. The van der Waals surface area contributed by atoms with Gasteiger partial charge in [0.15, 0.2) is 0 Å². The lowest BCUT2D eigenvalue weighted by molar-refractivity contribution is -0.148. The Labute approximate surface area is 215 Å². The Bertz CT molecular complexity index is 1260. The Morgan fingerprint density at radius 3 is 2.57 bits per heavy atom. The van der Waals surface area contributed by atoms with Gasteiger partial charge in [-0.25, -0.2) is 0 Å². The van der Waals surface area contributed by atoms with E-state index in [2.05, 4.69) is 4.90 Å². The number of hydrogen-bond donors (Lipinski definition) is 0. The standard InChI is InChI=1S/C26H31N3O4S2/c1-5-16(3)29-24(31)21(35-26(29)34)15-19-22(18-9-7-8-10-20(18)27(4)23(19)30)28-13-11-17(12-14-28)25(32)33-6-2/h7-10,15-17H,5-6,11-14H2,1-4H3. The van der Waals surface area contributed by atoms with Crippen molar-refractivity contribution in [2.24, 2.45) is 13.0 Å². The molecule has 7 nitrogen and oxygen atoms in total. The number of pyridine rings is 1. The van der Waals surface area contributed by atoms with Crippen LogP contribution in [0.25, 0.3) is 17.0 Å². The van der Waals surface area contributed by atoms with E-state index < -0.39 is 0 Å². The molecule has 2 fully saturated rings. The molecule has 0 aliphatic carbocycles. The molecule has 0 saturated carbocycles. The quantitative estimate of drug-likeness (QED) is 0.324. The van der Waals surface area contributed by atoms with Crippen LogP contribution in [0.4, 0.5) is 5.69 Å². The van der Waals surface area contributed by atoms with Gasteiger partial charge in [-0.3, -0.25) is 19.3 Å². The number of ether oxygens (including phenoxy) is 1. The van der Waals surface area contributed by atoms with Crippen LogP contribution in [0.3, 0.4) is 0 Å². The van der Waals surface area contributed by atoms with Crippen LogP contribution in [0.15, 0.2) is 34.0 Å². The number of carbonyl (C=O) groups is 2. The molecule has 2 aromatic rings. The van der Waals surface area contributed by atoms with E-state index in [1.165, 1.54) is 11.8 Å². The molecular formula is C26H31N3O4S2. The van der Waals surface area contributed by atoms with Crippen LogP contribution in [0.1, 0.15) is 45.6 Å². The van der Waals surface area contributed by atoms with Gasteiger partial charge in [0.1, 0.15) is 4.32 Å². The summed E-state index contributed by atoms with van der Waals surface area (Å²) in [5, 5.41) is 0.938. The molecule has 3 heterocycles. The Hall–Kier alpha value is -2.65. The highest BCUT2D eigenvalue weighted by atomic mass is 32.2. The molecule has 2 aliphatic heterocycles. The average Bonchev–Trinajstić information content (AvgIpc) is 3.14. The summed E-state index contributed by atoms with van der Waals surface area (Å²) < 4.78 is 7.37. The summed E-state index contributed by atoms with van der Waals surface area (Å²) in [6.45, 7) is 7.42. The predicted octanol–water partition coefficient (Wildman–Crippen LogP) is 4.32. The van der Waals surface area contributed by atoms with Crippen molar-refractivity contribution < 1.29 is 14.3 Å². The molecule has 1 unspecified atom stereocenters. The van der Waals surface area contributed by atoms with Crippen LogP contribution in [0.2, 0.25) is 0 Å². The van der Waals surface area contributed by atoms with Crippen LogP contribution >= 0.6 is 24.0 Å². The minimum atomic E-state index is -0.167. The number of piperidine rings is 1. The fraction of sp³-hybridized carbons (Fsp3) is 0.462. The zero-order valence-electron chi connectivity index (χ0n) is 20.6. The van der Waals surface area contributed by atoms with Crippen LogP contribution in [-0.2, 0) is 21.4 Å². The van der Waals surface area contributed by atoms with Gasteiger partial charge in [-0.05, 0) is 45.3 Å². The van der Waals surface area contributed by atoms with Gasteiger partial charge in [0.2, 0.25) is 0 Å². The number of thioether (sulfide) groups is 1. The van der Waals surface area contributed by atoms with Gasteiger partial charge in [-0.15, -0.1) is 0 Å². The molecule has 4 rings (SSSR count). The number of para-hydroxylation sites is 1. The molecule has 0 N–H and O–H groups in total. The van der Waals surface area contributed by atoms with Crippen LogP contribution in [0, 0.1) is 5.92 Å². The van der Waals surface area contributed by atoms with Gasteiger partial charge >= 0.3 is 5.97 Å². The number of aromatic nitrogens is 1. The van der Waals surface area contributed by atoms with E-state index in [4.69, 9.17) is 17.0 Å². The molecule has 1 aromatic heterocycles. The van der Waals surface area contributed by atoms with Gasteiger partial charge in [-0.2, -0.15) is 0 Å². The normalized spacial score (nSPS) is 19.1. The third kappa shape index (κ3) is 4.76. The number of esters is 1. The summed E-state index contributed by atoms with van der Waals surface area (Å²) in [5.41, 5.74) is 1.94. The highest BCUT2D eigenvalue weighted by molar-refractivity contribution is 8.26. The van der Waals surface area contributed by atoms with E-state index in [1.54, 1.807) is 22.6 Å². The summed E-state index contributed by atoms with van der Waals surface area (Å²) in [7, 11) is 1.75. The Morgan fingerprint density at radius 2 is 1.91 bits per heavy atom. The third-order valence-corrected chi connectivity index (χ3v) is 8.20. The summed E-state index contributed by atoms with van der Waals surface area (Å²) in [4.78, 5) is 43.4. The fourth-order valence-electron chi connectivity index (χ4n) is 4.75. The van der Waals surface area contributed by atoms with Crippen molar-refractivity contribution in [2.75, 3.05) is 24.6 Å². The van der Waals surface area contributed by atoms with Gasteiger partial charge in [0, 0.05) is 31.6 Å². The van der Waals surface area contributed by atoms with Gasteiger partial charge < -0.3 is 14.2 Å². The Balaban J connectivity index is 1.80. The lowest BCUT2D eigenvalue weighted by Crippen LogP contribution is -2.38.